The zero-order valence-electron chi connectivity index (χ0n) is 13.0. The molecule has 0 unspecified atom stereocenters. The lowest BCUT2D eigenvalue weighted by atomic mass is 10.1. The third-order valence-corrected chi connectivity index (χ3v) is 4.60. The number of ether oxygens (including phenoxy) is 1. The van der Waals surface area contributed by atoms with E-state index < -0.39 is 0 Å². The van der Waals surface area contributed by atoms with Crippen LogP contribution in [-0.2, 0) is 9.53 Å². The van der Waals surface area contributed by atoms with Crippen molar-refractivity contribution in [2.45, 2.75) is 32.2 Å². The molecule has 0 aromatic carbocycles. The maximum Gasteiger partial charge on any atom is 0.222 e. The van der Waals surface area contributed by atoms with Crippen LogP contribution >= 0.6 is 0 Å². The molecule has 0 saturated carbocycles. The van der Waals surface area contributed by atoms with Gasteiger partial charge in [-0.3, -0.25) is 14.6 Å². The molecule has 2 aliphatic rings. The highest BCUT2D eigenvalue weighted by molar-refractivity contribution is 5.78. The van der Waals surface area contributed by atoms with Gasteiger partial charge in [0.2, 0.25) is 5.91 Å². The molecule has 0 bridgehead atoms. The normalized spacial score (nSPS) is 25.6. The molecule has 2 aliphatic heterocycles. The summed E-state index contributed by atoms with van der Waals surface area (Å²) in [6.45, 7) is 10.4. The van der Waals surface area contributed by atoms with Gasteiger partial charge in [-0.1, -0.05) is 6.92 Å². The van der Waals surface area contributed by atoms with Crippen LogP contribution in [0.2, 0.25) is 0 Å². The molecule has 0 radical (unpaired) electrons. The number of amides is 1. The molecule has 0 aromatic heterocycles. The van der Waals surface area contributed by atoms with Gasteiger partial charge in [-0.25, -0.2) is 0 Å². The van der Waals surface area contributed by atoms with Gasteiger partial charge in [0.15, 0.2) is 0 Å². The van der Waals surface area contributed by atoms with E-state index in [-0.39, 0.29) is 0 Å². The van der Waals surface area contributed by atoms with E-state index in [0.717, 1.165) is 65.3 Å². The summed E-state index contributed by atoms with van der Waals surface area (Å²) < 4.78 is 5.19. The molecule has 0 aromatic rings. The second-order valence-corrected chi connectivity index (χ2v) is 5.88. The summed E-state index contributed by atoms with van der Waals surface area (Å²) in [6, 6.07) is 0.633. The zero-order chi connectivity index (χ0) is 14.4. The smallest absolute Gasteiger partial charge is 0.222 e. The molecule has 2 heterocycles. The van der Waals surface area contributed by atoms with Gasteiger partial charge in [0.05, 0.1) is 6.61 Å². The zero-order valence-corrected chi connectivity index (χ0v) is 13.0. The van der Waals surface area contributed by atoms with Gasteiger partial charge in [-0.05, 0) is 12.8 Å². The van der Waals surface area contributed by atoms with Crippen LogP contribution in [0.25, 0.3) is 0 Å². The number of carbonyl (C=O) groups excluding carboxylic acids is 1. The van der Waals surface area contributed by atoms with Gasteiger partial charge >= 0.3 is 0 Å². The van der Waals surface area contributed by atoms with Crippen LogP contribution in [0.3, 0.4) is 0 Å². The summed E-state index contributed by atoms with van der Waals surface area (Å²) in [6.07, 6.45) is 2.98. The van der Waals surface area contributed by atoms with Gasteiger partial charge < -0.3 is 9.64 Å². The van der Waals surface area contributed by atoms with Crippen molar-refractivity contribution < 1.29 is 9.53 Å². The van der Waals surface area contributed by atoms with Crippen molar-refractivity contribution >= 4 is 5.91 Å². The summed E-state index contributed by atoms with van der Waals surface area (Å²) in [7, 11) is 1.77. The first-order valence-corrected chi connectivity index (χ1v) is 7.97. The molecule has 2 rings (SSSR count). The van der Waals surface area contributed by atoms with Crippen molar-refractivity contribution in [3.8, 4) is 0 Å². The molecule has 0 aliphatic carbocycles. The van der Waals surface area contributed by atoms with Gasteiger partial charge in [0.1, 0.15) is 0 Å². The van der Waals surface area contributed by atoms with Crippen LogP contribution in [0, 0.1) is 0 Å². The lowest BCUT2D eigenvalue weighted by Gasteiger charge is -2.41. The van der Waals surface area contributed by atoms with E-state index >= 15 is 0 Å². The first-order valence-electron chi connectivity index (χ1n) is 7.97. The van der Waals surface area contributed by atoms with Crippen LogP contribution in [0.5, 0.6) is 0 Å². The third-order valence-electron chi connectivity index (χ3n) is 4.60. The minimum absolute atomic E-state index is 0.343. The maximum atomic E-state index is 11.6. The SMILES string of the molecule is CC[C@@H]1CN(CCN2CCCC2=O)CCN1CCOC. The standard InChI is InChI=1S/C15H29N3O2/c1-3-14-13-16(7-9-17(14)11-12-20-2)8-10-18-6-4-5-15(18)19/h14H,3-13H2,1-2H3/t14-/m1/s1. The lowest BCUT2D eigenvalue weighted by molar-refractivity contribution is -0.127. The average molecular weight is 283 g/mol. The number of nitrogens with zero attached hydrogens (tertiary/aromatic N) is 3. The van der Waals surface area contributed by atoms with Crippen LogP contribution < -0.4 is 0 Å². The number of hydrogen-bond acceptors (Lipinski definition) is 4. The van der Waals surface area contributed by atoms with Crippen LogP contribution in [-0.4, -0.2) is 86.2 Å². The fourth-order valence-electron chi connectivity index (χ4n) is 3.25. The Morgan fingerprint density at radius 3 is 2.70 bits per heavy atom. The molecule has 1 atom stereocenters. The fourth-order valence-corrected chi connectivity index (χ4v) is 3.25. The quantitative estimate of drug-likeness (QED) is 0.687. The topological polar surface area (TPSA) is 36.0 Å². The molecule has 2 saturated heterocycles. The van der Waals surface area contributed by atoms with Gasteiger partial charge in [0.25, 0.3) is 0 Å². The molecular weight excluding hydrogens is 254 g/mol. The minimum Gasteiger partial charge on any atom is -0.383 e. The summed E-state index contributed by atoms with van der Waals surface area (Å²) in [4.78, 5) is 18.7. The number of carbonyl (C=O) groups is 1. The van der Waals surface area contributed by atoms with E-state index in [1.165, 1.54) is 6.42 Å². The first-order chi connectivity index (χ1) is 9.74. The molecule has 5 heteroatoms. The molecule has 20 heavy (non-hydrogen) atoms. The highest BCUT2D eigenvalue weighted by atomic mass is 16.5. The number of likely N-dealkylation sites (tertiary alicyclic amines) is 1. The van der Waals surface area contributed by atoms with Crippen molar-refractivity contribution in [3.05, 3.63) is 0 Å². The van der Waals surface area contributed by atoms with Crippen LogP contribution in [0.15, 0.2) is 0 Å². The molecule has 116 valence electrons. The van der Waals surface area contributed by atoms with E-state index in [4.69, 9.17) is 4.74 Å². The largest absolute Gasteiger partial charge is 0.383 e. The third kappa shape index (κ3) is 4.17. The lowest BCUT2D eigenvalue weighted by Crippen LogP contribution is -2.54. The number of rotatable bonds is 7. The molecule has 2 fully saturated rings. The molecule has 5 nitrogen and oxygen atoms in total. The first kappa shape index (κ1) is 15.7. The van der Waals surface area contributed by atoms with Crippen molar-refractivity contribution in [1.29, 1.82) is 0 Å². The number of methoxy groups -OCH3 is 1. The molecule has 0 spiro atoms. The number of piperazine rings is 1. The van der Waals surface area contributed by atoms with E-state index in [2.05, 4.69) is 16.7 Å². The van der Waals surface area contributed by atoms with Crippen molar-refractivity contribution in [1.82, 2.24) is 14.7 Å². The predicted octanol–water partition coefficient (Wildman–Crippen LogP) is 0.651. The summed E-state index contributed by atoms with van der Waals surface area (Å²) in [5.74, 6) is 0.343. The van der Waals surface area contributed by atoms with Gasteiger partial charge in [0, 0.05) is 65.4 Å². The predicted molar refractivity (Wildman–Crippen MR) is 79.8 cm³/mol. The monoisotopic (exact) mass is 283 g/mol. The highest BCUT2D eigenvalue weighted by Gasteiger charge is 2.26. The highest BCUT2D eigenvalue weighted by Crippen LogP contribution is 2.14. The molecule has 0 N–H and O–H groups in total. The Kier molecular flexibility index (Phi) is 6.26. The average Bonchev–Trinajstić information content (AvgIpc) is 2.88. The second-order valence-electron chi connectivity index (χ2n) is 5.88. The van der Waals surface area contributed by atoms with Gasteiger partial charge in [-0.2, -0.15) is 0 Å². The van der Waals surface area contributed by atoms with Crippen LogP contribution in [0.1, 0.15) is 26.2 Å². The maximum absolute atomic E-state index is 11.6. The van der Waals surface area contributed by atoms with E-state index in [1.54, 1.807) is 7.11 Å². The summed E-state index contributed by atoms with van der Waals surface area (Å²) in [5.41, 5.74) is 0. The Bertz CT molecular complexity index is 311. The Balaban J connectivity index is 1.73. The van der Waals surface area contributed by atoms with Crippen molar-refractivity contribution in [3.63, 3.8) is 0 Å². The Hall–Kier alpha value is -0.650. The Labute approximate surface area is 122 Å². The molecule has 1 amide bonds. The van der Waals surface area contributed by atoms with E-state index in [9.17, 15) is 4.79 Å². The minimum atomic E-state index is 0.343. The van der Waals surface area contributed by atoms with Crippen molar-refractivity contribution in [2.75, 3.05) is 59.5 Å². The summed E-state index contributed by atoms with van der Waals surface area (Å²) >= 11 is 0. The van der Waals surface area contributed by atoms with Gasteiger partial charge in [-0.15, -0.1) is 0 Å². The van der Waals surface area contributed by atoms with E-state index in [1.807, 2.05) is 4.90 Å². The molecular formula is C15H29N3O2. The Morgan fingerprint density at radius 2 is 2.05 bits per heavy atom. The van der Waals surface area contributed by atoms with Crippen molar-refractivity contribution in [2.24, 2.45) is 0 Å². The fraction of sp³-hybridized carbons (Fsp3) is 0.933. The number of hydrogen-bond donors (Lipinski definition) is 0. The van der Waals surface area contributed by atoms with Crippen LogP contribution in [0.4, 0.5) is 0 Å². The van der Waals surface area contributed by atoms with E-state index in [0.29, 0.717) is 11.9 Å². The summed E-state index contributed by atoms with van der Waals surface area (Å²) in [5, 5.41) is 0. The second kappa shape index (κ2) is 7.96. The Morgan fingerprint density at radius 1 is 1.20 bits per heavy atom.